The van der Waals surface area contributed by atoms with Crippen molar-refractivity contribution in [2.75, 3.05) is 6.54 Å². The van der Waals surface area contributed by atoms with Crippen molar-refractivity contribution in [1.29, 1.82) is 0 Å². The SMILES string of the molecule is NC(C=O)CCCCNC(=O)CCC(N)C=O. The van der Waals surface area contributed by atoms with Gasteiger partial charge in [0.25, 0.3) is 0 Å². The third-order valence-corrected chi connectivity index (χ3v) is 2.34. The average Bonchev–Trinajstić information content (AvgIpc) is 2.34. The molecule has 6 nitrogen and oxygen atoms in total. The minimum Gasteiger partial charge on any atom is -0.356 e. The number of nitrogens with two attached hydrogens (primary N) is 2. The van der Waals surface area contributed by atoms with E-state index in [9.17, 15) is 14.4 Å². The number of hydrogen-bond donors (Lipinski definition) is 3. The Hall–Kier alpha value is -1.27. The van der Waals surface area contributed by atoms with Gasteiger partial charge in [0.2, 0.25) is 5.91 Å². The van der Waals surface area contributed by atoms with Crippen molar-refractivity contribution in [1.82, 2.24) is 5.32 Å². The molecule has 0 rings (SSSR count). The molecule has 0 heterocycles. The predicted octanol–water partition coefficient (Wildman–Crippen LogP) is -0.894. The fourth-order valence-corrected chi connectivity index (χ4v) is 1.26. The smallest absolute Gasteiger partial charge is 0.220 e. The standard InChI is InChI=1S/C11H21N3O3/c12-9(7-15)3-1-2-6-14-11(17)5-4-10(13)8-16/h7-10H,1-6,12-13H2,(H,14,17). The molecule has 0 aromatic heterocycles. The van der Waals surface area contributed by atoms with Gasteiger partial charge in [-0.2, -0.15) is 0 Å². The molecule has 0 bridgehead atoms. The van der Waals surface area contributed by atoms with Gasteiger partial charge in [-0.3, -0.25) is 4.79 Å². The highest BCUT2D eigenvalue weighted by Crippen LogP contribution is 1.97. The van der Waals surface area contributed by atoms with Crippen LogP contribution in [0.2, 0.25) is 0 Å². The van der Waals surface area contributed by atoms with Gasteiger partial charge in [-0.25, -0.2) is 0 Å². The highest BCUT2D eigenvalue weighted by Gasteiger charge is 2.05. The van der Waals surface area contributed by atoms with Gasteiger partial charge in [-0.1, -0.05) is 0 Å². The van der Waals surface area contributed by atoms with E-state index in [0.717, 1.165) is 19.1 Å². The summed E-state index contributed by atoms with van der Waals surface area (Å²) in [6.45, 7) is 0.556. The van der Waals surface area contributed by atoms with Gasteiger partial charge in [0.1, 0.15) is 12.6 Å². The molecule has 0 aliphatic carbocycles. The average molecular weight is 243 g/mol. The molecule has 2 atom stereocenters. The third-order valence-electron chi connectivity index (χ3n) is 2.34. The van der Waals surface area contributed by atoms with Crippen LogP contribution in [0.4, 0.5) is 0 Å². The van der Waals surface area contributed by atoms with Crippen molar-refractivity contribution < 1.29 is 14.4 Å². The van der Waals surface area contributed by atoms with Crippen LogP contribution in [0.1, 0.15) is 32.1 Å². The summed E-state index contributed by atoms with van der Waals surface area (Å²) in [5.74, 6) is -0.109. The first-order valence-corrected chi connectivity index (χ1v) is 5.78. The summed E-state index contributed by atoms with van der Waals surface area (Å²) in [6.07, 6.45) is 4.20. The molecule has 1 amide bonds. The molecule has 0 saturated heterocycles. The topological polar surface area (TPSA) is 115 Å². The minimum atomic E-state index is -0.564. The first kappa shape index (κ1) is 15.7. The first-order chi connectivity index (χ1) is 8.10. The monoisotopic (exact) mass is 243 g/mol. The van der Waals surface area contributed by atoms with Crippen molar-refractivity contribution >= 4 is 18.5 Å². The fourth-order valence-electron chi connectivity index (χ4n) is 1.26. The fraction of sp³-hybridized carbons (Fsp3) is 0.727. The second-order valence-electron chi connectivity index (χ2n) is 3.98. The van der Waals surface area contributed by atoms with E-state index in [1.165, 1.54) is 0 Å². The van der Waals surface area contributed by atoms with E-state index in [4.69, 9.17) is 11.5 Å². The summed E-state index contributed by atoms with van der Waals surface area (Å²) in [7, 11) is 0. The van der Waals surface area contributed by atoms with Crippen LogP contribution in [-0.4, -0.2) is 37.1 Å². The Morgan fingerprint density at radius 1 is 1.06 bits per heavy atom. The van der Waals surface area contributed by atoms with Crippen LogP contribution >= 0.6 is 0 Å². The van der Waals surface area contributed by atoms with Crippen LogP contribution in [0.5, 0.6) is 0 Å². The quantitative estimate of drug-likeness (QED) is 0.340. The normalized spacial score (nSPS) is 13.8. The lowest BCUT2D eigenvalue weighted by Gasteiger charge is -2.07. The number of carbonyl (C=O) groups is 3. The molecular weight excluding hydrogens is 222 g/mol. The van der Waals surface area contributed by atoms with Crippen LogP contribution < -0.4 is 16.8 Å². The van der Waals surface area contributed by atoms with Crippen molar-refractivity contribution in [3.05, 3.63) is 0 Å². The van der Waals surface area contributed by atoms with E-state index in [1.54, 1.807) is 0 Å². The second kappa shape index (κ2) is 9.92. The van der Waals surface area contributed by atoms with E-state index < -0.39 is 12.1 Å². The first-order valence-electron chi connectivity index (χ1n) is 5.78. The Bertz CT molecular complexity index is 246. The van der Waals surface area contributed by atoms with Crippen LogP contribution in [0.15, 0.2) is 0 Å². The van der Waals surface area contributed by atoms with E-state index in [2.05, 4.69) is 5.32 Å². The summed E-state index contributed by atoms with van der Waals surface area (Å²) < 4.78 is 0. The maximum absolute atomic E-state index is 11.3. The number of amides is 1. The molecule has 6 heteroatoms. The molecule has 0 aliphatic rings. The van der Waals surface area contributed by atoms with Crippen molar-refractivity contribution in [2.45, 2.75) is 44.2 Å². The zero-order valence-corrected chi connectivity index (χ0v) is 9.93. The number of carbonyl (C=O) groups excluding carboxylic acids is 3. The van der Waals surface area contributed by atoms with Gasteiger partial charge < -0.3 is 26.4 Å². The second-order valence-corrected chi connectivity index (χ2v) is 3.98. The zero-order valence-electron chi connectivity index (χ0n) is 9.93. The molecule has 0 aliphatic heterocycles. The highest BCUT2D eigenvalue weighted by molar-refractivity contribution is 5.76. The van der Waals surface area contributed by atoms with Gasteiger partial charge in [0, 0.05) is 13.0 Å². The summed E-state index contributed by atoms with van der Waals surface area (Å²) in [6, 6.07) is -0.970. The molecule has 2 unspecified atom stereocenters. The van der Waals surface area contributed by atoms with Gasteiger partial charge in [0.15, 0.2) is 0 Å². The summed E-state index contributed by atoms with van der Waals surface area (Å²) in [4.78, 5) is 31.7. The molecule has 17 heavy (non-hydrogen) atoms. The Morgan fingerprint density at radius 2 is 1.65 bits per heavy atom. The highest BCUT2D eigenvalue weighted by atomic mass is 16.1. The van der Waals surface area contributed by atoms with Crippen molar-refractivity contribution in [2.24, 2.45) is 11.5 Å². The zero-order chi connectivity index (χ0) is 13.1. The largest absolute Gasteiger partial charge is 0.356 e. The molecular formula is C11H21N3O3. The molecule has 5 N–H and O–H groups in total. The Morgan fingerprint density at radius 3 is 2.24 bits per heavy atom. The predicted molar refractivity (Wildman–Crippen MR) is 64.2 cm³/mol. The molecule has 0 fully saturated rings. The number of rotatable bonds is 10. The molecule has 0 aromatic rings. The van der Waals surface area contributed by atoms with Crippen molar-refractivity contribution in [3.8, 4) is 0 Å². The summed E-state index contributed by atoms with van der Waals surface area (Å²) in [5.41, 5.74) is 10.8. The minimum absolute atomic E-state index is 0.109. The molecule has 0 saturated carbocycles. The Labute approximate surface area is 101 Å². The third kappa shape index (κ3) is 9.65. The van der Waals surface area contributed by atoms with E-state index in [1.807, 2.05) is 0 Å². The van der Waals surface area contributed by atoms with Gasteiger partial charge >= 0.3 is 0 Å². The van der Waals surface area contributed by atoms with Crippen LogP contribution in [-0.2, 0) is 14.4 Å². The lowest BCUT2D eigenvalue weighted by Crippen LogP contribution is -2.28. The maximum atomic E-state index is 11.3. The molecule has 98 valence electrons. The van der Waals surface area contributed by atoms with Crippen LogP contribution in [0, 0.1) is 0 Å². The van der Waals surface area contributed by atoms with Crippen LogP contribution in [0.25, 0.3) is 0 Å². The van der Waals surface area contributed by atoms with E-state index in [0.29, 0.717) is 25.7 Å². The number of unbranched alkanes of at least 4 members (excludes halogenated alkanes) is 1. The number of nitrogens with one attached hydrogen (secondary N) is 1. The maximum Gasteiger partial charge on any atom is 0.220 e. The van der Waals surface area contributed by atoms with Gasteiger partial charge in [0.05, 0.1) is 12.1 Å². The lowest BCUT2D eigenvalue weighted by atomic mass is 10.1. The Balaban J connectivity index is 3.39. The van der Waals surface area contributed by atoms with E-state index in [-0.39, 0.29) is 12.3 Å². The number of hydrogen-bond acceptors (Lipinski definition) is 5. The lowest BCUT2D eigenvalue weighted by molar-refractivity contribution is -0.121. The van der Waals surface area contributed by atoms with Crippen molar-refractivity contribution in [3.63, 3.8) is 0 Å². The van der Waals surface area contributed by atoms with E-state index >= 15 is 0 Å². The Kier molecular flexibility index (Phi) is 9.18. The van der Waals surface area contributed by atoms with Gasteiger partial charge in [-0.05, 0) is 25.7 Å². The van der Waals surface area contributed by atoms with Crippen LogP contribution in [0.3, 0.4) is 0 Å². The summed E-state index contributed by atoms with van der Waals surface area (Å²) >= 11 is 0. The molecule has 0 spiro atoms. The van der Waals surface area contributed by atoms with Gasteiger partial charge in [-0.15, -0.1) is 0 Å². The summed E-state index contributed by atoms with van der Waals surface area (Å²) in [5, 5.41) is 2.71. The molecule has 0 radical (unpaired) electrons. The molecule has 0 aromatic carbocycles. The number of aldehydes is 2.